The zero-order valence-electron chi connectivity index (χ0n) is 19.4. The van der Waals surface area contributed by atoms with Gasteiger partial charge >= 0.3 is 0 Å². The number of benzene rings is 3. The quantitative estimate of drug-likeness (QED) is 0.327. The van der Waals surface area contributed by atoms with Crippen molar-refractivity contribution >= 4 is 45.6 Å². The molecule has 2 N–H and O–H groups in total. The Labute approximate surface area is 208 Å². The van der Waals surface area contributed by atoms with Gasteiger partial charge in [0.2, 0.25) is 0 Å². The first-order valence-electron chi connectivity index (χ1n) is 11.5. The predicted molar refractivity (Wildman–Crippen MR) is 138 cm³/mol. The monoisotopic (exact) mass is 485 g/mol. The van der Waals surface area contributed by atoms with Crippen LogP contribution in [0, 0.1) is 13.8 Å². The Morgan fingerprint density at radius 3 is 2.63 bits per heavy atom. The summed E-state index contributed by atoms with van der Waals surface area (Å²) in [5.41, 5.74) is 7.01. The van der Waals surface area contributed by atoms with Crippen molar-refractivity contribution in [2.45, 2.75) is 33.1 Å². The molecule has 0 fully saturated rings. The number of carbonyl (C=O) groups excluding carboxylic acids is 2. The number of hydrogen-bond acceptors (Lipinski definition) is 4. The van der Waals surface area contributed by atoms with E-state index in [-0.39, 0.29) is 17.6 Å². The van der Waals surface area contributed by atoms with Gasteiger partial charge in [-0.05, 0) is 61.2 Å². The third-order valence-corrected chi connectivity index (χ3v) is 6.54. The molecule has 0 unspecified atom stereocenters. The summed E-state index contributed by atoms with van der Waals surface area (Å²) in [6, 6.07) is 18.7. The maximum atomic E-state index is 13.0. The molecule has 7 heteroatoms. The first-order valence-corrected chi connectivity index (χ1v) is 11.8. The number of carbonyl (C=O) groups is 2. The van der Waals surface area contributed by atoms with Crippen LogP contribution in [0.5, 0.6) is 0 Å². The first-order chi connectivity index (χ1) is 16.9. The van der Waals surface area contributed by atoms with Gasteiger partial charge in [0.1, 0.15) is 5.76 Å². The van der Waals surface area contributed by atoms with Crippen LogP contribution in [0.4, 0.5) is 5.69 Å². The molecule has 1 aliphatic carbocycles. The van der Waals surface area contributed by atoms with Crippen LogP contribution in [0.25, 0.3) is 10.8 Å². The Morgan fingerprint density at radius 2 is 1.77 bits per heavy atom. The molecule has 1 aliphatic rings. The lowest BCUT2D eigenvalue weighted by atomic mass is 9.93. The maximum absolute atomic E-state index is 13.0. The highest BCUT2D eigenvalue weighted by molar-refractivity contribution is 6.31. The molecule has 0 radical (unpaired) electrons. The Kier molecular flexibility index (Phi) is 6.14. The fourth-order valence-electron chi connectivity index (χ4n) is 4.51. The second kappa shape index (κ2) is 9.39. The molecule has 5 rings (SSSR count). The average Bonchev–Trinajstić information content (AvgIpc) is 3.21. The highest BCUT2D eigenvalue weighted by atomic mass is 35.5. The number of aryl methyl sites for hydroxylation is 2. The summed E-state index contributed by atoms with van der Waals surface area (Å²) in [4.78, 5) is 26.0. The largest absolute Gasteiger partial charge is 0.455 e. The van der Waals surface area contributed by atoms with Crippen LogP contribution in [0.15, 0.2) is 70.2 Å². The highest BCUT2D eigenvalue weighted by Gasteiger charge is 2.28. The maximum Gasteiger partial charge on any atom is 0.291 e. The summed E-state index contributed by atoms with van der Waals surface area (Å²) >= 11 is 6.09. The van der Waals surface area contributed by atoms with Gasteiger partial charge in [-0.2, -0.15) is 5.10 Å². The molecule has 0 saturated heterocycles. The molecular weight excluding hydrogens is 462 g/mol. The van der Waals surface area contributed by atoms with Crippen molar-refractivity contribution in [3.05, 3.63) is 99.5 Å². The zero-order valence-corrected chi connectivity index (χ0v) is 20.2. The van der Waals surface area contributed by atoms with E-state index in [1.165, 1.54) is 0 Å². The van der Waals surface area contributed by atoms with Crippen molar-refractivity contribution < 1.29 is 14.0 Å². The first kappa shape index (κ1) is 22.9. The normalized spacial score (nSPS) is 14.1. The fraction of sp³-hybridized carbons (Fsp3) is 0.179. The molecule has 2 amide bonds. The van der Waals surface area contributed by atoms with E-state index in [4.69, 9.17) is 16.0 Å². The zero-order chi connectivity index (χ0) is 24.5. The Balaban J connectivity index is 1.41. The van der Waals surface area contributed by atoms with E-state index in [9.17, 15) is 9.59 Å². The van der Waals surface area contributed by atoms with Gasteiger partial charge in [0.15, 0.2) is 5.76 Å². The lowest BCUT2D eigenvalue weighted by Crippen LogP contribution is -2.22. The summed E-state index contributed by atoms with van der Waals surface area (Å²) < 4.78 is 5.98. The highest BCUT2D eigenvalue weighted by Crippen LogP contribution is 2.31. The number of rotatable bonds is 4. The number of hydrogen-bond donors (Lipinski definition) is 2. The van der Waals surface area contributed by atoms with Gasteiger partial charge < -0.3 is 9.73 Å². The molecule has 0 saturated carbocycles. The summed E-state index contributed by atoms with van der Waals surface area (Å²) in [6.45, 7) is 3.74. The van der Waals surface area contributed by atoms with Crippen molar-refractivity contribution in [3.63, 3.8) is 0 Å². The van der Waals surface area contributed by atoms with Gasteiger partial charge in [0.25, 0.3) is 11.8 Å². The van der Waals surface area contributed by atoms with Crippen molar-refractivity contribution in [3.8, 4) is 0 Å². The van der Waals surface area contributed by atoms with E-state index in [0.29, 0.717) is 46.2 Å². The van der Waals surface area contributed by atoms with Crippen molar-refractivity contribution in [2.75, 3.05) is 5.32 Å². The number of hydrazone groups is 1. The smallest absolute Gasteiger partial charge is 0.291 e. The lowest BCUT2D eigenvalue weighted by molar-refractivity contribution is 0.0955. The standard InChI is InChI=1S/C28H24ClN3O3/c1-16-13-14-19(29)15-23(16)30-28(34)26-17(2)25-22(11-6-12-24(25)35-26)31-32-27(33)21-10-5-8-18-7-3-4-9-20(18)21/h3-5,7-10,13-15H,6,11-12H2,1-2H3,(H,30,34)(H,32,33)/b31-22+. The minimum atomic E-state index is -0.346. The number of amides is 2. The Hall–Kier alpha value is -3.90. The van der Waals surface area contributed by atoms with Crippen molar-refractivity contribution in [1.82, 2.24) is 5.43 Å². The van der Waals surface area contributed by atoms with Crippen molar-refractivity contribution in [2.24, 2.45) is 5.10 Å². The number of fused-ring (bicyclic) bond motifs is 2. The van der Waals surface area contributed by atoms with Crippen LogP contribution in [-0.2, 0) is 6.42 Å². The molecule has 3 aromatic carbocycles. The van der Waals surface area contributed by atoms with Crippen LogP contribution in [-0.4, -0.2) is 17.5 Å². The molecule has 0 spiro atoms. The van der Waals surface area contributed by atoms with E-state index >= 15 is 0 Å². The summed E-state index contributed by atoms with van der Waals surface area (Å²) in [6.07, 6.45) is 2.20. The fourth-order valence-corrected chi connectivity index (χ4v) is 4.68. The van der Waals surface area contributed by atoms with Crippen molar-refractivity contribution in [1.29, 1.82) is 0 Å². The molecule has 4 aromatic rings. The molecule has 176 valence electrons. The summed E-state index contributed by atoms with van der Waals surface area (Å²) in [5, 5.41) is 9.75. The molecule has 0 aliphatic heterocycles. The second-order valence-corrected chi connectivity index (χ2v) is 9.08. The third kappa shape index (κ3) is 4.45. The Morgan fingerprint density at radius 1 is 0.971 bits per heavy atom. The Bertz CT molecular complexity index is 1500. The second-order valence-electron chi connectivity index (χ2n) is 8.65. The van der Waals surface area contributed by atoms with E-state index in [1.807, 2.05) is 56.3 Å². The van der Waals surface area contributed by atoms with Gasteiger partial charge in [-0.1, -0.05) is 54.1 Å². The van der Waals surface area contributed by atoms with E-state index < -0.39 is 0 Å². The van der Waals surface area contributed by atoms with Crippen LogP contribution in [0.2, 0.25) is 5.02 Å². The minimum absolute atomic E-state index is 0.240. The molecule has 0 bridgehead atoms. The third-order valence-electron chi connectivity index (χ3n) is 6.31. The van der Waals surface area contributed by atoms with Gasteiger partial charge in [0.05, 0.1) is 5.71 Å². The number of halogens is 1. The minimum Gasteiger partial charge on any atom is -0.455 e. The molecule has 0 atom stereocenters. The average molecular weight is 486 g/mol. The van der Waals surface area contributed by atoms with Crippen LogP contribution < -0.4 is 10.7 Å². The van der Waals surface area contributed by atoms with E-state index in [2.05, 4.69) is 15.8 Å². The van der Waals surface area contributed by atoms with E-state index in [1.54, 1.807) is 18.2 Å². The molecule has 35 heavy (non-hydrogen) atoms. The van der Waals surface area contributed by atoms with E-state index in [0.717, 1.165) is 28.3 Å². The van der Waals surface area contributed by atoms with Crippen LogP contribution >= 0.6 is 11.6 Å². The molecule has 1 heterocycles. The number of nitrogens with one attached hydrogen (secondary N) is 2. The van der Waals surface area contributed by atoms with Gasteiger partial charge in [-0.3, -0.25) is 9.59 Å². The van der Waals surface area contributed by atoms with Gasteiger partial charge in [-0.15, -0.1) is 0 Å². The summed E-state index contributed by atoms with van der Waals surface area (Å²) in [5.74, 6) is 0.322. The van der Waals surface area contributed by atoms with Gasteiger partial charge in [0, 0.05) is 33.8 Å². The van der Waals surface area contributed by atoms with Crippen LogP contribution in [0.3, 0.4) is 0 Å². The summed E-state index contributed by atoms with van der Waals surface area (Å²) in [7, 11) is 0. The molecular formula is C28H24ClN3O3. The number of furan rings is 1. The van der Waals surface area contributed by atoms with Crippen LogP contribution in [0.1, 0.15) is 56.2 Å². The number of nitrogens with zero attached hydrogens (tertiary/aromatic N) is 1. The SMILES string of the molecule is Cc1ccc(Cl)cc1NC(=O)c1oc2c(c1C)/C(=N/NC(=O)c1cccc3ccccc13)CCC2. The molecule has 1 aromatic heterocycles. The molecule has 6 nitrogen and oxygen atoms in total. The van der Waals surface area contributed by atoms with Gasteiger partial charge in [-0.25, -0.2) is 5.43 Å². The topological polar surface area (TPSA) is 83.7 Å². The number of anilines is 1. The predicted octanol–water partition coefficient (Wildman–Crippen LogP) is 6.43. The lowest BCUT2D eigenvalue weighted by Gasteiger charge is -2.13.